The molecule has 0 saturated carbocycles. The number of para-hydroxylation sites is 2. The molecule has 1 N–H and O–H groups in total. The second-order valence-electron chi connectivity index (χ2n) is 5.28. The monoisotopic (exact) mass is 397 g/mol. The number of carbonyl (C=O) groups excluding carboxylic acids is 1. The predicted octanol–water partition coefficient (Wildman–Crippen LogP) is 5.06. The van der Waals surface area contributed by atoms with Crippen LogP contribution in [0.15, 0.2) is 30.3 Å². The fourth-order valence-corrected chi connectivity index (χ4v) is 4.65. The van der Waals surface area contributed by atoms with E-state index in [2.05, 4.69) is 33.8 Å². The third-order valence-electron chi connectivity index (χ3n) is 3.69. The van der Waals surface area contributed by atoms with E-state index in [9.17, 15) is 13.6 Å². The molecule has 2 heterocycles. The molecule has 26 heavy (non-hydrogen) atoms. The van der Waals surface area contributed by atoms with E-state index in [1.807, 2.05) is 0 Å². The number of hydrogen-bond acceptors (Lipinski definition) is 6. The smallest absolute Gasteiger partial charge is 0.387 e. The van der Waals surface area contributed by atoms with Crippen molar-refractivity contribution in [1.29, 1.82) is 0 Å². The van der Waals surface area contributed by atoms with E-state index in [0.717, 1.165) is 27.8 Å². The molecule has 0 radical (unpaired) electrons. The van der Waals surface area contributed by atoms with Gasteiger partial charge in [-0.05, 0) is 32.0 Å². The van der Waals surface area contributed by atoms with E-state index in [1.54, 1.807) is 18.2 Å². The molecule has 1 amide bonds. The van der Waals surface area contributed by atoms with Crippen LogP contribution < -0.4 is 15.0 Å². The molecule has 5 nitrogen and oxygen atoms in total. The molecule has 0 fully saturated rings. The van der Waals surface area contributed by atoms with Gasteiger partial charge < -0.3 is 15.0 Å². The molecular weight excluding hydrogens is 380 g/mol. The maximum absolute atomic E-state index is 12.5. The van der Waals surface area contributed by atoms with Gasteiger partial charge in [0.1, 0.15) is 10.6 Å². The number of anilines is 2. The Hall–Kier alpha value is -2.26. The Labute approximate surface area is 157 Å². The molecule has 0 aliphatic rings. The number of thiazole rings is 1. The number of carbonyl (C=O) groups is 1. The molecule has 2 aromatic heterocycles. The highest BCUT2D eigenvalue weighted by Crippen LogP contribution is 2.35. The average Bonchev–Trinajstić information content (AvgIpc) is 3.16. The lowest BCUT2D eigenvalue weighted by Crippen LogP contribution is -2.21. The zero-order chi connectivity index (χ0) is 18.7. The number of alkyl halides is 2. The van der Waals surface area contributed by atoms with Gasteiger partial charge in [-0.25, -0.2) is 4.98 Å². The highest BCUT2D eigenvalue weighted by Gasteiger charge is 2.18. The lowest BCUT2D eigenvalue weighted by molar-refractivity contribution is -0.0493. The van der Waals surface area contributed by atoms with Gasteiger partial charge >= 0.3 is 6.61 Å². The molecule has 0 saturated heterocycles. The topological polar surface area (TPSA) is 54.5 Å². The normalized spacial score (nSPS) is 11.1. The van der Waals surface area contributed by atoms with Crippen molar-refractivity contribution in [3.63, 3.8) is 0 Å². The summed E-state index contributed by atoms with van der Waals surface area (Å²) in [5.41, 5.74) is 0.200. The van der Waals surface area contributed by atoms with Gasteiger partial charge in [0.05, 0.1) is 15.3 Å². The molecule has 0 spiro atoms. The van der Waals surface area contributed by atoms with Crippen LogP contribution in [0.5, 0.6) is 5.75 Å². The number of aromatic nitrogens is 1. The van der Waals surface area contributed by atoms with Crippen molar-refractivity contribution in [2.24, 2.45) is 0 Å². The van der Waals surface area contributed by atoms with Crippen LogP contribution in [0.4, 0.5) is 19.6 Å². The van der Waals surface area contributed by atoms with E-state index in [0.29, 0.717) is 4.88 Å². The Bertz CT molecular complexity index is 875. The lowest BCUT2D eigenvalue weighted by Gasteiger charge is -2.16. The van der Waals surface area contributed by atoms with Gasteiger partial charge in [0.25, 0.3) is 5.91 Å². The largest absolute Gasteiger partial charge is 0.433 e. The summed E-state index contributed by atoms with van der Waals surface area (Å²) in [5.74, 6) is -0.453. The summed E-state index contributed by atoms with van der Waals surface area (Å²) in [4.78, 5) is 20.5. The van der Waals surface area contributed by atoms with Crippen molar-refractivity contribution >= 4 is 48.9 Å². The van der Waals surface area contributed by atoms with Crippen molar-refractivity contribution in [2.45, 2.75) is 20.5 Å². The SMILES string of the molecule is CCN(CC)c1nc2sc(C(=O)Nc3ccccc3OC(F)F)cc2s1. The van der Waals surface area contributed by atoms with E-state index in [-0.39, 0.29) is 17.3 Å². The van der Waals surface area contributed by atoms with Crippen LogP contribution in [0.3, 0.4) is 0 Å². The lowest BCUT2D eigenvalue weighted by atomic mass is 10.3. The van der Waals surface area contributed by atoms with Crippen molar-refractivity contribution in [2.75, 3.05) is 23.3 Å². The summed E-state index contributed by atoms with van der Waals surface area (Å²) in [6, 6.07) is 7.87. The summed E-state index contributed by atoms with van der Waals surface area (Å²) >= 11 is 2.81. The number of nitrogens with zero attached hydrogens (tertiary/aromatic N) is 2. The molecule has 0 unspecified atom stereocenters. The average molecular weight is 397 g/mol. The van der Waals surface area contributed by atoms with E-state index in [4.69, 9.17) is 0 Å². The van der Waals surface area contributed by atoms with Crippen LogP contribution in [0.2, 0.25) is 0 Å². The van der Waals surface area contributed by atoms with E-state index >= 15 is 0 Å². The molecular formula is C17H17F2N3O2S2. The molecule has 0 bridgehead atoms. The Balaban J connectivity index is 1.79. The molecule has 0 aliphatic heterocycles. The number of amides is 1. The first-order chi connectivity index (χ1) is 12.5. The van der Waals surface area contributed by atoms with Crippen LogP contribution in [-0.2, 0) is 0 Å². The first-order valence-electron chi connectivity index (χ1n) is 8.02. The predicted molar refractivity (Wildman–Crippen MR) is 102 cm³/mol. The van der Waals surface area contributed by atoms with Crippen LogP contribution in [-0.4, -0.2) is 30.6 Å². The minimum Gasteiger partial charge on any atom is -0.433 e. The van der Waals surface area contributed by atoms with Gasteiger partial charge in [0.15, 0.2) is 5.13 Å². The number of thiophene rings is 1. The maximum atomic E-state index is 12.5. The van der Waals surface area contributed by atoms with Crippen molar-refractivity contribution in [3.8, 4) is 5.75 Å². The third kappa shape index (κ3) is 3.94. The minimum atomic E-state index is -2.96. The summed E-state index contributed by atoms with van der Waals surface area (Å²) in [6.07, 6.45) is 0. The van der Waals surface area contributed by atoms with Crippen molar-refractivity contribution in [3.05, 3.63) is 35.2 Å². The number of fused-ring (bicyclic) bond motifs is 1. The van der Waals surface area contributed by atoms with Crippen LogP contribution in [0.25, 0.3) is 9.53 Å². The van der Waals surface area contributed by atoms with Crippen molar-refractivity contribution in [1.82, 2.24) is 4.98 Å². The van der Waals surface area contributed by atoms with Gasteiger partial charge in [-0.15, -0.1) is 11.3 Å². The summed E-state index contributed by atoms with van der Waals surface area (Å²) in [7, 11) is 0. The fraction of sp³-hybridized carbons (Fsp3) is 0.294. The Morgan fingerprint density at radius 2 is 2.00 bits per heavy atom. The van der Waals surface area contributed by atoms with Gasteiger partial charge in [-0.2, -0.15) is 8.78 Å². The van der Waals surface area contributed by atoms with E-state index < -0.39 is 6.61 Å². The molecule has 9 heteroatoms. The number of nitrogens with one attached hydrogen (secondary N) is 1. The Kier molecular flexibility index (Phi) is 5.67. The molecule has 3 rings (SSSR count). The molecule has 0 atom stereocenters. The molecule has 3 aromatic rings. The Morgan fingerprint density at radius 3 is 2.65 bits per heavy atom. The summed E-state index contributed by atoms with van der Waals surface area (Å²) in [5, 5.41) is 3.55. The number of rotatable bonds is 7. The second-order valence-corrected chi connectivity index (χ2v) is 7.32. The highest BCUT2D eigenvalue weighted by molar-refractivity contribution is 7.29. The molecule has 0 aliphatic carbocycles. The van der Waals surface area contributed by atoms with Gasteiger partial charge in [-0.1, -0.05) is 23.5 Å². The minimum absolute atomic E-state index is 0.0730. The van der Waals surface area contributed by atoms with Crippen LogP contribution >= 0.6 is 22.7 Å². The number of hydrogen-bond donors (Lipinski definition) is 1. The van der Waals surface area contributed by atoms with Crippen molar-refractivity contribution < 1.29 is 18.3 Å². The summed E-state index contributed by atoms with van der Waals surface area (Å²) in [6.45, 7) is 2.91. The fourth-order valence-electron chi connectivity index (χ4n) is 2.42. The number of ether oxygens (including phenoxy) is 1. The second kappa shape index (κ2) is 7.96. The summed E-state index contributed by atoms with van der Waals surface area (Å²) < 4.78 is 30.3. The van der Waals surface area contributed by atoms with E-state index in [1.165, 1.54) is 34.8 Å². The highest BCUT2D eigenvalue weighted by atomic mass is 32.1. The van der Waals surface area contributed by atoms with Gasteiger partial charge in [0.2, 0.25) is 0 Å². The number of benzene rings is 1. The number of halogens is 2. The molecule has 138 valence electrons. The zero-order valence-corrected chi connectivity index (χ0v) is 15.8. The van der Waals surface area contributed by atoms with Gasteiger partial charge in [-0.3, -0.25) is 4.79 Å². The first kappa shape index (κ1) is 18.5. The quantitative estimate of drug-likeness (QED) is 0.606. The third-order valence-corrected chi connectivity index (χ3v) is 5.91. The standard InChI is InChI=1S/C17H17F2N3O2S2/c1-3-22(4-2)17-21-15-13(26-17)9-12(25-15)14(23)20-10-7-5-6-8-11(10)24-16(18)19/h5-9,16H,3-4H2,1-2H3,(H,20,23). The first-order valence-corrected chi connectivity index (χ1v) is 9.65. The van der Waals surface area contributed by atoms with Crippen LogP contribution in [0, 0.1) is 0 Å². The molecule has 1 aromatic carbocycles. The zero-order valence-electron chi connectivity index (χ0n) is 14.2. The Morgan fingerprint density at radius 1 is 1.27 bits per heavy atom. The maximum Gasteiger partial charge on any atom is 0.387 e. The van der Waals surface area contributed by atoms with Gasteiger partial charge in [0, 0.05) is 13.1 Å². The van der Waals surface area contributed by atoms with Crippen LogP contribution in [0.1, 0.15) is 23.5 Å².